The fourth-order valence-electron chi connectivity index (χ4n) is 1.24. The Kier molecular flexibility index (Phi) is 4.24. The molecule has 1 amide bonds. The predicted octanol–water partition coefficient (Wildman–Crippen LogP) is 0.970. The Bertz CT molecular complexity index is 352. The SMILES string of the molecule is CNCC(=O)NCc1ccc(F)c(C)c1. The Morgan fingerprint density at radius 1 is 1.47 bits per heavy atom. The standard InChI is InChI=1S/C11H15FN2O/c1-8-5-9(3-4-10(8)12)6-14-11(15)7-13-2/h3-5,13H,6-7H2,1-2H3,(H,14,15). The van der Waals surface area contributed by atoms with Gasteiger partial charge < -0.3 is 10.6 Å². The summed E-state index contributed by atoms with van der Waals surface area (Å²) >= 11 is 0. The molecule has 0 saturated carbocycles. The van der Waals surface area contributed by atoms with Crippen molar-refractivity contribution in [3.05, 3.63) is 35.1 Å². The monoisotopic (exact) mass is 210 g/mol. The van der Waals surface area contributed by atoms with Gasteiger partial charge >= 0.3 is 0 Å². The largest absolute Gasteiger partial charge is 0.351 e. The molecule has 2 N–H and O–H groups in total. The van der Waals surface area contributed by atoms with Crippen molar-refractivity contribution in [1.82, 2.24) is 10.6 Å². The first-order valence-corrected chi connectivity index (χ1v) is 4.80. The number of rotatable bonds is 4. The molecule has 3 nitrogen and oxygen atoms in total. The fourth-order valence-corrected chi connectivity index (χ4v) is 1.24. The summed E-state index contributed by atoms with van der Waals surface area (Å²) in [7, 11) is 1.71. The first-order chi connectivity index (χ1) is 7.13. The van der Waals surface area contributed by atoms with Crippen LogP contribution in [0, 0.1) is 12.7 Å². The van der Waals surface area contributed by atoms with Crippen molar-refractivity contribution in [3.8, 4) is 0 Å². The minimum absolute atomic E-state index is 0.0699. The summed E-state index contributed by atoms with van der Waals surface area (Å²) in [6.07, 6.45) is 0. The predicted molar refractivity (Wildman–Crippen MR) is 56.9 cm³/mol. The molecule has 0 fully saturated rings. The molecule has 1 aromatic carbocycles. The highest BCUT2D eigenvalue weighted by Gasteiger charge is 2.01. The number of nitrogens with one attached hydrogen (secondary N) is 2. The summed E-state index contributed by atoms with van der Waals surface area (Å²) in [6, 6.07) is 4.81. The molecule has 4 heteroatoms. The van der Waals surface area contributed by atoms with E-state index in [9.17, 15) is 9.18 Å². The molecule has 0 unspecified atom stereocenters. The van der Waals surface area contributed by atoms with E-state index in [-0.39, 0.29) is 11.7 Å². The summed E-state index contributed by atoms with van der Waals surface area (Å²) in [5, 5.41) is 5.47. The van der Waals surface area contributed by atoms with E-state index in [1.807, 2.05) is 0 Å². The summed E-state index contributed by atoms with van der Waals surface area (Å²) in [5.41, 5.74) is 1.49. The molecule has 0 aliphatic rings. The van der Waals surface area contributed by atoms with Crippen molar-refractivity contribution in [2.24, 2.45) is 0 Å². The molecule has 0 heterocycles. The van der Waals surface area contributed by atoms with Gasteiger partial charge in [-0.15, -0.1) is 0 Å². The van der Waals surface area contributed by atoms with Gasteiger partial charge in [0.2, 0.25) is 5.91 Å². The van der Waals surface area contributed by atoms with Gasteiger partial charge in [0.15, 0.2) is 0 Å². The molecule has 0 bridgehead atoms. The lowest BCUT2D eigenvalue weighted by atomic mass is 10.1. The van der Waals surface area contributed by atoms with Crippen molar-refractivity contribution >= 4 is 5.91 Å². The van der Waals surface area contributed by atoms with E-state index in [0.29, 0.717) is 18.7 Å². The van der Waals surface area contributed by atoms with Crippen LogP contribution in [0.3, 0.4) is 0 Å². The van der Waals surface area contributed by atoms with Crippen LogP contribution in [0.1, 0.15) is 11.1 Å². The molecular weight excluding hydrogens is 195 g/mol. The number of likely N-dealkylation sites (N-methyl/N-ethyl adjacent to an activating group) is 1. The lowest BCUT2D eigenvalue weighted by Gasteiger charge is -2.06. The van der Waals surface area contributed by atoms with Gasteiger partial charge in [-0.2, -0.15) is 0 Å². The molecule has 0 radical (unpaired) electrons. The van der Waals surface area contributed by atoms with Gasteiger partial charge in [0.25, 0.3) is 0 Å². The summed E-state index contributed by atoms with van der Waals surface area (Å²) in [4.78, 5) is 11.1. The number of hydrogen-bond acceptors (Lipinski definition) is 2. The summed E-state index contributed by atoms with van der Waals surface area (Å²) < 4.78 is 12.9. The van der Waals surface area contributed by atoms with Gasteiger partial charge in [0.05, 0.1) is 6.54 Å². The van der Waals surface area contributed by atoms with Crippen LogP contribution in [0.2, 0.25) is 0 Å². The zero-order chi connectivity index (χ0) is 11.3. The van der Waals surface area contributed by atoms with E-state index in [0.717, 1.165) is 5.56 Å². The highest BCUT2D eigenvalue weighted by atomic mass is 19.1. The molecular formula is C11H15FN2O. The number of carbonyl (C=O) groups is 1. The quantitative estimate of drug-likeness (QED) is 0.777. The zero-order valence-corrected chi connectivity index (χ0v) is 8.93. The summed E-state index contributed by atoms with van der Waals surface area (Å²) in [6.45, 7) is 2.43. The Labute approximate surface area is 88.7 Å². The van der Waals surface area contributed by atoms with Crippen LogP contribution < -0.4 is 10.6 Å². The van der Waals surface area contributed by atoms with Crippen LogP contribution >= 0.6 is 0 Å². The molecule has 82 valence electrons. The van der Waals surface area contributed by atoms with Gasteiger partial charge in [-0.05, 0) is 31.2 Å². The minimum Gasteiger partial charge on any atom is -0.351 e. The second-order valence-electron chi connectivity index (χ2n) is 3.39. The molecule has 15 heavy (non-hydrogen) atoms. The third-order valence-corrected chi connectivity index (χ3v) is 2.05. The molecule has 0 aromatic heterocycles. The van der Waals surface area contributed by atoms with Gasteiger partial charge in [-0.25, -0.2) is 4.39 Å². The Hall–Kier alpha value is -1.42. The molecule has 0 spiro atoms. The second-order valence-corrected chi connectivity index (χ2v) is 3.39. The van der Waals surface area contributed by atoms with E-state index < -0.39 is 0 Å². The lowest BCUT2D eigenvalue weighted by Crippen LogP contribution is -2.31. The smallest absolute Gasteiger partial charge is 0.234 e. The van der Waals surface area contributed by atoms with Gasteiger partial charge in [0.1, 0.15) is 5.82 Å². The van der Waals surface area contributed by atoms with Crippen LogP contribution in [0.5, 0.6) is 0 Å². The van der Waals surface area contributed by atoms with Crippen molar-refractivity contribution in [2.75, 3.05) is 13.6 Å². The van der Waals surface area contributed by atoms with Gasteiger partial charge in [-0.1, -0.05) is 12.1 Å². The third-order valence-electron chi connectivity index (χ3n) is 2.05. The van der Waals surface area contributed by atoms with E-state index in [2.05, 4.69) is 10.6 Å². The van der Waals surface area contributed by atoms with Crippen LogP contribution in [-0.2, 0) is 11.3 Å². The van der Waals surface area contributed by atoms with Crippen molar-refractivity contribution in [2.45, 2.75) is 13.5 Å². The van der Waals surface area contributed by atoms with Crippen LogP contribution in [0.25, 0.3) is 0 Å². The normalized spacial score (nSPS) is 10.1. The van der Waals surface area contributed by atoms with E-state index in [1.165, 1.54) is 6.07 Å². The maximum absolute atomic E-state index is 12.9. The molecule has 1 rings (SSSR count). The number of carbonyl (C=O) groups excluding carboxylic acids is 1. The molecule has 0 atom stereocenters. The average Bonchev–Trinajstić information content (AvgIpc) is 2.20. The first-order valence-electron chi connectivity index (χ1n) is 4.80. The van der Waals surface area contributed by atoms with E-state index in [1.54, 1.807) is 26.1 Å². The summed E-state index contributed by atoms with van der Waals surface area (Å²) in [5.74, 6) is -0.292. The maximum atomic E-state index is 12.9. The Morgan fingerprint density at radius 3 is 2.80 bits per heavy atom. The number of hydrogen-bond donors (Lipinski definition) is 2. The highest BCUT2D eigenvalue weighted by Crippen LogP contribution is 2.08. The van der Waals surface area contributed by atoms with Crippen molar-refractivity contribution in [3.63, 3.8) is 0 Å². The average molecular weight is 210 g/mol. The molecule has 0 aliphatic heterocycles. The molecule has 1 aromatic rings. The molecule has 0 saturated heterocycles. The topological polar surface area (TPSA) is 41.1 Å². The number of halogens is 1. The van der Waals surface area contributed by atoms with Gasteiger partial charge in [-0.3, -0.25) is 4.79 Å². The zero-order valence-electron chi connectivity index (χ0n) is 8.93. The third kappa shape index (κ3) is 3.67. The number of aryl methyl sites for hydroxylation is 1. The highest BCUT2D eigenvalue weighted by molar-refractivity contribution is 5.77. The van der Waals surface area contributed by atoms with Crippen LogP contribution in [-0.4, -0.2) is 19.5 Å². The minimum atomic E-state index is -0.222. The first kappa shape index (κ1) is 11.7. The number of amides is 1. The van der Waals surface area contributed by atoms with E-state index >= 15 is 0 Å². The van der Waals surface area contributed by atoms with Crippen molar-refractivity contribution in [1.29, 1.82) is 0 Å². The number of benzene rings is 1. The fraction of sp³-hybridized carbons (Fsp3) is 0.364. The maximum Gasteiger partial charge on any atom is 0.234 e. The van der Waals surface area contributed by atoms with Crippen LogP contribution in [0.15, 0.2) is 18.2 Å². The second kappa shape index (κ2) is 5.46. The molecule has 0 aliphatic carbocycles. The Balaban J connectivity index is 2.51. The lowest BCUT2D eigenvalue weighted by molar-refractivity contribution is -0.120. The van der Waals surface area contributed by atoms with Crippen molar-refractivity contribution < 1.29 is 9.18 Å². The van der Waals surface area contributed by atoms with Gasteiger partial charge in [0, 0.05) is 6.54 Å². The Morgan fingerprint density at radius 2 is 2.20 bits per heavy atom. The van der Waals surface area contributed by atoms with E-state index in [4.69, 9.17) is 0 Å². The van der Waals surface area contributed by atoms with Crippen LogP contribution in [0.4, 0.5) is 4.39 Å².